The van der Waals surface area contributed by atoms with Crippen molar-refractivity contribution >= 4 is 21.9 Å². The van der Waals surface area contributed by atoms with Gasteiger partial charge in [0.1, 0.15) is 10.7 Å². The normalized spacial score (nSPS) is 16.4. The molecule has 2 heterocycles. The number of fused-ring (bicyclic) bond motifs is 1. The van der Waals surface area contributed by atoms with Crippen molar-refractivity contribution in [3.05, 3.63) is 16.3 Å². The van der Waals surface area contributed by atoms with Gasteiger partial charge in [0.15, 0.2) is 0 Å². The molecule has 94 valence electrons. The van der Waals surface area contributed by atoms with Crippen molar-refractivity contribution in [2.24, 2.45) is 0 Å². The van der Waals surface area contributed by atoms with Crippen LogP contribution in [0.2, 0.25) is 0 Å². The van der Waals surface area contributed by atoms with Gasteiger partial charge in [-0.2, -0.15) is 5.10 Å². The van der Waals surface area contributed by atoms with Crippen molar-refractivity contribution in [3.63, 3.8) is 0 Å². The van der Waals surface area contributed by atoms with Crippen LogP contribution in [0.4, 0.5) is 0 Å². The monoisotopic (exact) mass is 303 g/mol. The average Bonchev–Trinajstić information content (AvgIpc) is 2.66. The number of rotatable bonds is 3. The van der Waals surface area contributed by atoms with E-state index in [1.165, 1.54) is 11.8 Å². The number of aryl methyl sites for hydroxylation is 1. The first-order chi connectivity index (χ1) is 8.13. The zero-order valence-corrected chi connectivity index (χ0v) is 11.1. The van der Waals surface area contributed by atoms with E-state index < -0.39 is 10.8 Å². The SMILES string of the molecule is COC(=O)C(Br)Cn1nc2n(c1=O)CCCC2. The van der Waals surface area contributed by atoms with Crippen molar-refractivity contribution in [1.82, 2.24) is 14.3 Å². The molecule has 7 heteroatoms. The second-order valence-corrected chi connectivity index (χ2v) is 5.09. The smallest absolute Gasteiger partial charge is 0.345 e. The number of carbonyl (C=O) groups excluding carboxylic acids is 1. The summed E-state index contributed by atoms with van der Waals surface area (Å²) >= 11 is 3.18. The van der Waals surface area contributed by atoms with Gasteiger partial charge in [0.2, 0.25) is 0 Å². The molecular weight excluding hydrogens is 290 g/mol. The summed E-state index contributed by atoms with van der Waals surface area (Å²) in [4.78, 5) is 22.7. The van der Waals surface area contributed by atoms with Gasteiger partial charge in [-0.15, -0.1) is 0 Å². The molecule has 0 aromatic carbocycles. The molecule has 1 atom stereocenters. The Labute approximate surface area is 107 Å². The van der Waals surface area contributed by atoms with Gasteiger partial charge in [-0.3, -0.25) is 9.36 Å². The summed E-state index contributed by atoms with van der Waals surface area (Å²) in [5.74, 6) is 0.411. The quantitative estimate of drug-likeness (QED) is 0.596. The van der Waals surface area contributed by atoms with Crippen molar-refractivity contribution in [1.29, 1.82) is 0 Å². The molecule has 0 N–H and O–H groups in total. The Morgan fingerprint density at radius 1 is 1.59 bits per heavy atom. The van der Waals surface area contributed by atoms with Crippen LogP contribution >= 0.6 is 15.9 Å². The number of ether oxygens (including phenoxy) is 1. The summed E-state index contributed by atoms with van der Waals surface area (Å²) in [6.45, 7) is 0.921. The predicted molar refractivity (Wildman–Crippen MR) is 64.2 cm³/mol. The van der Waals surface area contributed by atoms with Crippen LogP contribution in [0.3, 0.4) is 0 Å². The molecule has 0 radical (unpaired) electrons. The average molecular weight is 304 g/mol. The van der Waals surface area contributed by atoms with E-state index in [9.17, 15) is 9.59 Å². The molecule has 0 spiro atoms. The van der Waals surface area contributed by atoms with Gasteiger partial charge >= 0.3 is 11.7 Å². The van der Waals surface area contributed by atoms with Crippen molar-refractivity contribution in [2.45, 2.75) is 37.2 Å². The van der Waals surface area contributed by atoms with Crippen LogP contribution in [0.5, 0.6) is 0 Å². The number of aromatic nitrogens is 3. The number of halogens is 1. The number of nitrogens with zero attached hydrogens (tertiary/aromatic N) is 3. The molecule has 0 fully saturated rings. The lowest BCUT2D eigenvalue weighted by Crippen LogP contribution is -2.31. The van der Waals surface area contributed by atoms with Crippen molar-refractivity contribution < 1.29 is 9.53 Å². The topological polar surface area (TPSA) is 66.1 Å². The van der Waals surface area contributed by atoms with Gasteiger partial charge in [-0.05, 0) is 12.8 Å². The molecule has 0 amide bonds. The lowest BCUT2D eigenvalue weighted by molar-refractivity contribution is -0.140. The fraction of sp³-hybridized carbons (Fsp3) is 0.700. The lowest BCUT2D eigenvalue weighted by Gasteiger charge is -2.09. The molecule has 1 aromatic heterocycles. The largest absolute Gasteiger partial charge is 0.468 e. The molecule has 1 aromatic rings. The third kappa shape index (κ3) is 2.43. The minimum Gasteiger partial charge on any atom is -0.468 e. The Hall–Kier alpha value is -1.11. The molecule has 2 rings (SSSR count). The van der Waals surface area contributed by atoms with E-state index in [1.54, 1.807) is 4.57 Å². The van der Waals surface area contributed by atoms with E-state index in [0.29, 0.717) is 0 Å². The summed E-state index contributed by atoms with van der Waals surface area (Å²) in [5, 5.41) is 4.24. The van der Waals surface area contributed by atoms with Crippen LogP contribution in [0.25, 0.3) is 0 Å². The van der Waals surface area contributed by atoms with Gasteiger partial charge in [-0.1, -0.05) is 15.9 Å². The van der Waals surface area contributed by atoms with Crippen LogP contribution < -0.4 is 5.69 Å². The lowest BCUT2D eigenvalue weighted by atomic mass is 10.2. The first-order valence-corrected chi connectivity index (χ1v) is 6.43. The van der Waals surface area contributed by atoms with E-state index in [4.69, 9.17) is 0 Å². The standard InChI is InChI=1S/C10H14BrN3O3/c1-17-9(15)7(11)6-14-10(16)13-5-3-2-4-8(13)12-14/h7H,2-6H2,1H3. The fourth-order valence-corrected chi connectivity index (χ4v) is 2.38. The number of alkyl halides is 1. The van der Waals surface area contributed by atoms with E-state index in [2.05, 4.69) is 25.8 Å². The second-order valence-electron chi connectivity index (χ2n) is 3.98. The van der Waals surface area contributed by atoms with Crippen LogP contribution in [0.15, 0.2) is 4.79 Å². The van der Waals surface area contributed by atoms with E-state index in [1.807, 2.05) is 0 Å². The van der Waals surface area contributed by atoms with Crippen LogP contribution in [-0.2, 0) is 29.0 Å². The number of esters is 1. The predicted octanol–water partition coefficient (Wildman–Crippen LogP) is 0.318. The molecule has 1 aliphatic heterocycles. The maximum atomic E-state index is 12.0. The molecule has 17 heavy (non-hydrogen) atoms. The summed E-state index contributed by atoms with van der Waals surface area (Å²) in [7, 11) is 1.32. The second kappa shape index (κ2) is 5.03. The highest BCUT2D eigenvalue weighted by atomic mass is 79.9. The first-order valence-electron chi connectivity index (χ1n) is 5.52. The van der Waals surface area contributed by atoms with Gasteiger partial charge in [-0.25, -0.2) is 9.48 Å². The Balaban J connectivity index is 2.20. The first kappa shape index (κ1) is 12.3. The highest BCUT2D eigenvalue weighted by Crippen LogP contribution is 2.10. The summed E-state index contributed by atoms with van der Waals surface area (Å²) < 4.78 is 7.60. The van der Waals surface area contributed by atoms with E-state index in [0.717, 1.165) is 31.6 Å². The molecule has 0 aliphatic carbocycles. The summed E-state index contributed by atoms with van der Waals surface area (Å²) in [6, 6.07) is 0. The van der Waals surface area contributed by atoms with Gasteiger partial charge in [0.05, 0.1) is 13.7 Å². The Kier molecular flexibility index (Phi) is 3.66. The number of carbonyl (C=O) groups is 1. The zero-order chi connectivity index (χ0) is 12.4. The molecular formula is C10H14BrN3O3. The minimum atomic E-state index is -0.540. The molecule has 0 saturated carbocycles. The van der Waals surface area contributed by atoms with Gasteiger partial charge in [0, 0.05) is 13.0 Å². The molecule has 6 nitrogen and oxygen atoms in total. The number of hydrogen-bond donors (Lipinski definition) is 0. The van der Waals surface area contributed by atoms with Gasteiger partial charge < -0.3 is 4.74 Å². The zero-order valence-electron chi connectivity index (χ0n) is 9.56. The molecule has 0 saturated heterocycles. The Morgan fingerprint density at radius 3 is 3.00 bits per heavy atom. The molecule has 1 unspecified atom stereocenters. The maximum Gasteiger partial charge on any atom is 0.345 e. The van der Waals surface area contributed by atoms with Crippen molar-refractivity contribution in [3.8, 4) is 0 Å². The summed E-state index contributed by atoms with van der Waals surface area (Å²) in [6.07, 6.45) is 2.89. The van der Waals surface area contributed by atoms with Crippen LogP contribution in [0, 0.1) is 0 Å². The van der Waals surface area contributed by atoms with Crippen molar-refractivity contribution in [2.75, 3.05) is 7.11 Å². The van der Waals surface area contributed by atoms with Crippen LogP contribution in [0.1, 0.15) is 18.7 Å². The Morgan fingerprint density at radius 2 is 2.35 bits per heavy atom. The fourth-order valence-electron chi connectivity index (χ4n) is 1.92. The molecule has 0 bridgehead atoms. The van der Waals surface area contributed by atoms with Gasteiger partial charge in [0.25, 0.3) is 0 Å². The highest BCUT2D eigenvalue weighted by molar-refractivity contribution is 9.10. The highest BCUT2D eigenvalue weighted by Gasteiger charge is 2.21. The molecule has 1 aliphatic rings. The number of methoxy groups -OCH3 is 1. The third-order valence-corrected chi connectivity index (χ3v) is 3.49. The Bertz CT molecular complexity index is 480. The maximum absolute atomic E-state index is 12.0. The summed E-state index contributed by atoms with van der Waals surface area (Å²) in [5.41, 5.74) is -0.145. The minimum absolute atomic E-state index is 0.145. The number of hydrogen-bond acceptors (Lipinski definition) is 4. The van der Waals surface area contributed by atoms with E-state index >= 15 is 0 Å². The third-order valence-electron chi connectivity index (χ3n) is 2.82. The van der Waals surface area contributed by atoms with Crippen LogP contribution in [-0.4, -0.2) is 32.3 Å². The van der Waals surface area contributed by atoms with E-state index in [-0.39, 0.29) is 12.2 Å².